The van der Waals surface area contributed by atoms with Crippen molar-refractivity contribution < 1.29 is 9.59 Å². The number of pyridine rings is 1. The number of benzene rings is 2. The molecule has 2 atom stereocenters. The molecule has 1 aliphatic carbocycles. The van der Waals surface area contributed by atoms with Crippen molar-refractivity contribution >= 4 is 81.2 Å². The van der Waals surface area contributed by atoms with Crippen molar-refractivity contribution in [2.75, 3.05) is 10.6 Å². The summed E-state index contributed by atoms with van der Waals surface area (Å²) in [6.45, 7) is 0. The maximum Gasteiger partial charge on any atom is 0.257 e. The van der Waals surface area contributed by atoms with Gasteiger partial charge in [0, 0.05) is 21.7 Å². The van der Waals surface area contributed by atoms with E-state index in [1.807, 2.05) is 6.07 Å². The lowest BCUT2D eigenvalue weighted by molar-refractivity contribution is -0.117. The van der Waals surface area contributed by atoms with E-state index in [1.54, 1.807) is 30.3 Å². The first kappa shape index (κ1) is 24.6. The summed E-state index contributed by atoms with van der Waals surface area (Å²) in [6, 6.07) is 14.3. The van der Waals surface area contributed by atoms with E-state index in [2.05, 4.69) is 15.6 Å². The summed E-state index contributed by atoms with van der Waals surface area (Å²) in [5.74, 6) is -2.22. The van der Waals surface area contributed by atoms with Crippen LogP contribution in [0.2, 0.25) is 15.1 Å². The number of amides is 2. The van der Waals surface area contributed by atoms with E-state index in [0.717, 1.165) is 0 Å². The van der Waals surface area contributed by atoms with E-state index >= 15 is 0 Å². The number of nitrogens with one attached hydrogen (secondary N) is 2. The summed E-state index contributed by atoms with van der Waals surface area (Å²) in [7, 11) is 0. The van der Waals surface area contributed by atoms with Gasteiger partial charge in [-0.1, -0.05) is 34.8 Å². The molecule has 1 aliphatic rings. The topological polar surface area (TPSA) is 94.9 Å². The fourth-order valence-corrected chi connectivity index (χ4v) is 5.13. The zero-order valence-corrected chi connectivity index (χ0v) is 20.7. The second-order valence-corrected chi connectivity index (χ2v) is 10.2. The Morgan fingerprint density at radius 2 is 1.62 bits per heavy atom. The Bertz CT molecular complexity index is 1320. The Morgan fingerprint density at radius 1 is 0.941 bits per heavy atom. The second-order valence-electron chi connectivity index (χ2n) is 7.51. The second kappa shape index (κ2) is 9.61. The standard InChI is InChI=1S/C23H13Cl5N4O2/c24-12-5-11(6-13(25)7-12)19-20(23(19,27)28)22(34)31-14-3-4-18(26)17(8-14)21(33)32-16-2-1-15(9-29)30-10-16/h1-8,10,19-20H,(H,31,34)(H,32,33)/t19-,20+/m0/s1. The molecule has 11 heteroatoms. The highest BCUT2D eigenvalue weighted by Gasteiger charge is 2.67. The molecule has 0 bridgehead atoms. The van der Waals surface area contributed by atoms with Crippen LogP contribution in [0.15, 0.2) is 54.7 Å². The van der Waals surface area contributed by atoms with Crippen molar-refractivity contribution in [1.82, 2.24) is 4.98 Å². The number of halogens is 5. The zero-order chi connectivity index (χ0) is 24.6. The number of nitriles is 1. The monoisotopic (exact) mass is 552 g/mol. The molecule has 1 fully saturated rings. The van der Waals surface area contributed by atoms with E-state index in [-0.39, 0.29) is 16.3 Å². The van der Waals surface area contributed by atoms with E-state index in [1.165, 1.54) is 24.4 Å². The van der Waals surface area contributed by atoms with Gasteiger partial charge in [-0.05, 0) is 54.1 Å². The fraction of sp³-hybridized carbons (Fsp3) is 0.130. The fourth-order valence-electron chi connectivity index (χ4n) is 3.55. The van der Waals surface area contributed by atoms with Crippen LogP contribution in [0.5, 0.6) is 0 Å². The molecule has 1 heterocycles. The molecule has 2 N–H and O–H groups in total. The highest BCUT2D eigenvalue weighted by molar-refractivity contribution is 6.53. The van der Waals surface area contributed by atoms with Crippen molar-refractivity contribution in [3.05, 3.63) is 86.6 Å². The molecular formula is C23H13Cl5N4O2. The van der Waals surface area contributed by atoms with E-state index < -0.39 is 28.0 Å². The van der Waals surface area contributed by atoms with Crippen LogP contribution in [0.4, 0.5) is 11.4 Å². The minimum atomic E-state index is -1.34. The quantitative estimate of drug-likeness (QED) is 0.344. The van der Waals surface area contributed by atoms with Crippen LogP contribution < -0.4 is 10.6 Å². The predicted octanol–water partition coefficient (Wildman–Crippen LogP) is 6.69. The normalized spacial score (nSPS) is 18.0. The molecule has 172 valence electrons. The minimum Gasteiger partial charge on any atom is -0.326 e. The van der Waals surface area contributed by atoms with Crippen LogP contribution in [0.25, 0.3) is 0 Å². The third kappa shape index (κ3) is 5.10. The summed E-state index contributed by atoms with van der Waals surface area (Å²) < 4.78 is -1.34. The lowest BCUT2D eigenvalue weighted by Crippen LogP contribution is -2.18. The molecule has 1 saturated carbocycles. The molecule has 4 rings (SSSR count). The maximum atomic E-state index is 12.9. The van der Waals surface area contributed by atoms with Gasteiger partial charge in [0.25, 0.3) is 5.91 Å². The molecule has 0 unspecified atom stereocenters. The van der Waals surface area contributed by atoms with Gasteiger partial charge in [0.2, 0.25) is 5.91 Å². The number of alkyl halides is 2. The summed E-state index contributed by atoms with van der Waals surface area (Å²) >= 11 is 31.1. The van der Waals surface area contributed by atoms with Crippen molar-refractivity contribution in [3.8, 4) is 6.07 Å². The van der Waals surface area contributed by atoms with Crippen LogP contribution in [0.3, 0.4) is 0 Å². The number of rotatable bonds is 5. The minimum absolute atomic E-state index is 0.126. The number of anilines is 2. The highest BCUT2D eigenvalue weighted by atomic mass is 35.5. The third-order valence-electron chi connectivity index (χ3n) is 5.19. The van der Waals surface area contributed by atoms with Crippen LogP contribution in [0, 0.1) is 17.2 Å². The largest absolute Gasteiger partial charge is 0.326 e. The average Bonchev–Trinajstić information content (AvgIpc) is 3.37. The van der Waals surface area contributed by atoms with Crippen LogP contribution in [0.1, 0.15) is 27.5 Å². The molecule has 2 aromatic carbocycles. The van der Waals surface area contributed by atoms with Gasteiger partial charge < -0.3 is 10.6 Å². The average molecular weight is 555 g/mol. The van der Waals surface area contributed by atoms with Gasteiger partial charge in [-0.15, -0.1) is 23.2 Å². The van der Waals surface area contributed by atoms with Gasteiger partial charge in [-0.3, -0.25) is 9.59 Å². The van der Waals surface area contributed by atoms with E-state index in [0.29, 0.717) is 27.0 Å². The van der Waals surface area contributed by atoms with Gasteiger partial charge >= 0.3 is 0 Å². The summed E-state index contributed by atoms with van der Waals surface area (Å²) in [4.78, 5) is 29.6. The number of aromatic nitrogens is 1. The summed E-state index contributed by atoms with van der Waals surface area (Å²) in [5, 5.41) is 15.2. The molecule has 0 radical (unpaired) electrons. The molecule has 0 saturated heterocycles. The lowest BCUT2D eigenvalue weighted by Gasteiger charge is -2.10. The highest BCUT2D eigenvalue weighted by Crippen LogP contribution is 2.65. The van der Waals surface area contributed by atoms with Crippen LogP contribution in [-0.4, -0.2) is 21.1 Å². The smallest absolute Gasteiger partial charge is 0.257 e. The number of carbonyl (C=O) groups excluding carboxylic acids is 2. The Hall–Kier alpha value is -2.53. The third-order valence-corrected chi connectivity index (χ3v) is 6.90. The van der Waals surface area contributed by atoms with E-state index in [4.69, 9.17) is 63.3 Å². The van der Waals surface area contributed by atoms with Crippen LogP contribution in [-0.2, 0) is 4.79 Å². The van der Waals surface area contributed by atoms with Gasteiger partial charge in [-0.2, -0.15) is 5.26 Å². The Labute approximate surface area is 219 Å². The molecular weight excluding hydrogens is 542 g/mol. The van der Waals surface area contributed by atoms with E-state index in [9.17, 15) is 9.59 Å². The summed E-state index contributed by atoms with van der Waals surface area (Å²) in [5.41, 5.74) is 1.70. The molecule has 2 amide bonds. The predicted molar refractivity (Wildman–Crippen MR) is 134 cm³/mol. The van der Waals surface area contributed by atoms with Gasteiger partial charge in [0.05, 0.1) is 28.4 Å². The number of hydrogen-bond donors (Lipinski definition) is 2. The maximum absolute atomic E-state index is 12.9. The molecule has 6 nitrogen and oxygen atoms in total. The number of hydrogen-bond acceptors (Lipinski definition) is 4. The first-order valence-corrected chi connectivity index (χ1v) is 11.6. The zero-order valence-electron chi connectivity index (χ0n) is 17.0. The Balaban J connectivity index is 1.50. The molecule has 0 aliphatic heterocycles. The first-order chi connectivity index (χ1) is 16.1. The molecule has 1 aromatic heterocycles. The lowest BCUT2D eigenvalue weighted by atomic mass is 10.1. The SMILES string of the molecule is N#Cc1ccc(NC(=O)c2cc(NC(=O)[C@H]3[C@H](c4cc(Cl)cc(Cl)c4)C3(Cl)Cl)ccc2Cl)cn1. The molecule has 3 aromatic rings. The van der Waals surface area contributed by atoms with Crippen molar-refractivity contribution in [3.63, 3.8) is 0 Å². The molecule has 0 spiro atoms. The van der Waals surface area contributed by atoms with Crippen LogP contribution >= 0.6 is 58.0 Å². The van der Waals surface area contributed by atoms with Crippen molar-refractivity contribution in [2.45, 2.75) is 10.3 Å². The molecule has 34 heavy (non-hydrogen) atoms. The van der Waals surface area contributed by atoms with Gasteiger partial charge in [0.15, 0.2) is 0 Å². The van der Waals surface area contributed by atoms with Crippen molar-refractivity contribution in [1.29, 1.82) is 5.26 Å². The van der Waals surface area contributed by atoms with Gasteiger partial charge in [0.1, 0.15) is 16.1 Å². The van der Waals surface area contributed by atoms with Crippen molar-refractivity contribution in [2.24, 2.45) is 5.92 Å². The van der Waals surface area contributed by atoms with Gasteiger partial charge in [-0.25, -0.2) is 4.98 Å². The number of nitrogens with zero attached hydrogens (tertiary/aromatic N) is 2. The first-order valence-electron chi connectivity index (χ1n) is 9.72. The Kier molecular flexibility index (Phi) is 6.95. The number of carbonyl (C=O) groups is 2. The Morgan fingerprint density at radius 3 is 2.24 bits per heavy atom. The summed E-state index contributed by atoms with van der Waals surface area (Å²) in [6.07, 6.45) is 1.35.